The van der Waals surface area contributed by atoms with E-state index in [4.69, 9.17) is 4.52 Å². The van der Waals surface area contributed by atoms with Gasteiger partial charge in [-0.2, -0.15) is 10.1 Å². The molecule has 3 fully saturated rings. The Bertz CT molecular complexity index is 945. The first kappa shape index (κ1) is 18.8. The Balaban J connectivity index is 1.41. The van der Waals surface area contributed by atoms with E-state index < -0.39 is 0 Å². The van der Waals surface area contributed by atoms with Crippen LogP contribution >= 0.6 is 0 Å². The summed E-state index contributed by atoms with van der Waals surface area (Å²) in [5.41, 5.74) is 3.41. The summed E-state index contributed by atoms with van der Waals surface area (Å²) < 4.78 is 7.76. The van der Waals surface area contributed by atoms with E-state index in [2.05, 4.69) is 50.5 Å². The van der Waals surface area contributed by atoms with Crippen LogP contribution in [0.15, 0.2) is 4.52 Å². The van der Waals surface area contributed by atoms with E-state index in [9.17, 15) is 4.79 Å². The molecule has 8 nitrogen and oxygen atoms in total. The van der Waals surface area contributed by atoms with Crippen LogP contribution in [0.2, 0.25) is 0 Å². The number of carbonyl (C=O) groups excluding carboxylic acids is 1. The van der Waals surface area contributed by atoms with Gasteiger partial charge in [-0.15, -0.1) is 0 Å². The molecule has 1 amide bonds. The molecule has 2 aromatic heterocycles. The lowest BCUT2D eigenvalue weighted by atomic mass is 9.81. The van der Waals surface area contributed by atoms with E-state index in [1.165, 1.54) is 11.3 Å². The van der Waals surface area contributed by atoms with Gasteiger partial charge in [0.2, 0.25) is 11.8 Å². The molecule has 0 radical (unpaired) electrons. The van der Waals surface area contributed by atoms with E-state index in [1.807, 2.05) is 6.92 Å². The molecule has 3 aliphatic rings. The maximum absolute atomic E-state index is 12.7. The summed E-state index contributed by atoms with van der Waals surface area (Å²) in [6.07, 6.45) is 2.08. The lowest BCUT2D eigenvalue weighted by Gasteiger charge is -2.26. The van der Waals surface area contributed by atoms with E-state index >= 15 is 0 Å². The third-order valence-electron chi connectivity index (χ3n) is 7.08. The molecule has 0 aromatic carbocycles. The number of aromatic nitrogens is 4. The lowest BCUT2D eigenvalue weighted by molar-refractivity contribution is -0.132. The summed E-state index contributed by atoms with van der Waals surface area (Å²) in [5.74, 6) is 2.25. The molecular formula is C21H30N6O2. The average molecular weight is 399 g/mol. The minimum absolute atomic E-state index is 0.247. The van der Waals surface area contributed by atoms with Crippen molar-refractivity contribution in [3.05, 3.63) is 28.7 Å². The zero-order valence-corrected chi connectivity index (χ0v) is 17.8. The summed E-state index contributed by atoms with van der Waals surface area (Å²) in [4.78, 5) is 21.9. The molecule has 0 N–H and O–H groups in total. The van der Waals surface area contributed by atoms with Crippen LogP contribution in [0.5, 0.6) is 0 Å². The van der Waals surface area contributed by atoms with Crippen molar-refractivity contribution < 1.29 is 9.32 Å². The van der Waals surface area contributed by atoms with Gasteiger partial charge in [-0.3, -0.25) is 14.4 Å². The first-order chi connectivity index (χ1) is 13.9. The van der Waals surface area contributed by atoms with E-state index in [0.717, 1.165) is 51.3 Å². The molecule has 2 aliphatic heterocycles. The maximum Gasteiger partial charge on any atom is 0.236 e. The van der Waals surface area contributed by atoms with Gasteiger partial charge in [-0.05, 0) is 40.5 Å². The smallest absolute Gasteiger partial charge is 0.236 e. The zero-order chi connectivity index (χ0) is 20.3. The highest BCUT2D eigenvalue weighted by atomic mass is 16.5. The Labute approximate surface area is 171 Å². The highest BCUT2D eigenvalue weighted by Crippen LogP contribution is 2.46. The van der Waals surface area contributed by atoms with Crippen LogP contribution in [0.4, 0.5) is 0 Å². The first-order valence-corrected chi connectivity index (χ1v) is 10.8. The van der Waals surface area contributed by atoms with Crippen molar-refractivity contribution in [2.24, 2.45) is 11.8 Å². The van der Waals surface area contributed by atoms with Crippen molar-refractivity contribution in [1.29, 1.82) is 0 Å². The van der Waals surface area contributed by atoms with Crippen LogP contribution in [0, 0.1) is 32.6 Å². The van der Waals surface area contributed by atoms with Gasteiger partial charge in [0.25, 0.3) is 0 Å². The summed E-state index contributed by atoms with van der Waals surface area (Å²) in [7, 11) is 0. The molecule has 0 spiro atoms. The van der Waals surface area contributed by atoms with E-state index in [0.29, 0.717) is 30.1 Å². The SMILES string of the molecule is CCn1nc(C)c(CN2C[C@H]3CN(C(=O)C4CC4)C[C@@]3(c3nc(C)no3)C2)c1C. The second-order valence-corrected chi connectivity index (χ2v) is 9.13. The second kappa shape index (κ2) is 6.65. The molecule has 5 rings (SSSR count). The van der Waals surface area contributed by atoms with Gasteiger partial charge in [-0.1, -0.05) is 5.16 Å². The van der Waals surface area contributed by atoms with Crippen LogP contribution < -0.4 is 0 Å². The molecule has 0 unspecified atom stereocenters. The monoisotopic (exact) mass is 398 g/mol. The molecule has 2 aromatic rings. The Morgan fingerprint density at radius 1 is 1.21 bits per heavy atom. The summed E-state index contributed by atoms with van der Waals surface area (Å²) in [5, 5.41) is 8.74. The number of rotatable bonds is 5. The zero-order valence-electron chi connectivity index (χ0n) is 17.8. The maximum atomic E-state index is 12.7. The quantitative estimate of drug-likeness (QED) is 0.765. The predicted octanol–water partition coefficient (Wildman–Crippen LogP) is 1.83. The average Bonchev–Trinajstić information content (AvgIpc) is 3.09. The molecule has 156 valence electrons. The van der Waals surface area contributed by atoms with Gasteiger partial charge >= 0.3 is 0 Å². The fraction of sp³-hybridized carbons (Fsp3) is 0.714. The number of hydrogen-bond donors (Lipinski definition) is 0. The highest BCUT2D eigenvalue weighted by molar-refractivity contribution is 5.81. The predicted molar refractivity (Wildman–Crippen MR) is 106 cm³/mol. The van der Waals surface area contributed by atoms with Crippen LogP contribution in [0.3, 0.4) is 0 Å². The van der Waals surface area contributed by atoms with Crippen LogP contribution in [0.1, 0.15) is 48.4 Å². The Morgan fingerprint density at radius 2 is 2.00 bits per heavy atom. The molecule has 0 bridgehead atoms. The Hall–Kier alpha value is -2.22. The topological polar surface area (TPSA) is 80.3 Å². The van der Waals surface area contributed by atoms with Gasteiger partial charge in [0.15, 0.2) is 5.82 Å². The molecular weight excluding hydrogens is 368 g/mol. The van der Waals surface area contributed by atoms with Gasteiger partial charge in [-0.25, -0.2) is 0 Å². The van der Waals surface area contributed by atoms with Crippen molar-refractivity contribution in [1.82, 2.24) is 29.7 Å². The molecule has 4 heterocycles. The van der Waals surface area contributed by atoms with E-state index in [-0.39, 0.29) is 11.3 Å². The number of carbonyl (C=O) groups is 1. The minimum Gasteiger partial charge on any atom is -0.341 e. The fourth-order valence-electron chi connectivity index (χ4n) is 5.34. The second-order valence-electron chi connectivity index (χ2n) is 9.13. The molecule has 29 heavy (non-hydrogen) atoms. The third-order valence-corrected chi connectivity index (χ3v) is 7.08. The Morgan fingerprint density at radius 3 is 2.62 bits per heavy atom. The fourth-order valence-corrected chi connectivity index (χ4v) is 5.34. The Kier molecular flexibility index (Phi) is 4.31. The van der Waals surface area contributed by atoms with Gasteiger partial charge in [0.1, 0.15) is 0 Å². The number of aryl methyl sites for hydroxylation is 3. The molecule has 8 heteroatoms. The molecule has 1 saturated carbocycles. The number of hydrogen-bond acceptors (Lipinski definition) is 6. The lowest BCUT2D eigenvalue weighted by Crippen LogP contribution is -2.40. The molecule has 2 atom stereocenters. The van der Waals surface area contributed by atoms with Crippen molar-refractivity contribution in [3.63, 3.8) is 0 Å². The highest BCUT2D eigenvalue weighted by Gasteiger charge is 2.58. The van der Waals surface area contributed by atoms with Crippen molar-refractivity contribution in [2.45, 2.75) is 59.0 Å². The molecule has 2 saturated heterocycles. The molecule has 1 aliphatic carbocycles. The van der Waals surface area contributed by atoms with Crippen molar-refractivity contribution in [2.75, 3.05) is 26.2 Å². The van der Waals surface area contributed by atoms with Crippen LogP contribution in [-0.2, 0) is 23.3 Å². The minimum atomic E-state index is -0.256. The van der Waals surface area contributed by atoms with Crippen molar-refractivity contribution >= 4 is 5.91 Å². The van der Waals surface area contributed by atoms with Crippen molar-refractivity contribution in [3.8, 4) is 0 Å². The number of fused-ring (bicyclic) bond motifs is 1. The summed E-state index contributed by atoms with van der Waals surface area (Å²) in [6, 6.07) is 0. The van der Waals surface area contributed by atoms with Gasteiger partial charge in [0, 0.05) is 62.4 Å². The number of nitrogens with zero attached hydrogens (tertiary/aromatic N) is 6. The van der Waals surface area contributed by atoms with E-state index in [1.54, 1.807) is 0 Å². The third kappa shape index (κ3) is 2.99. The number of amides is 1. The van der Waals surface area contributed by atoms with Crippen LogP contribution in [0.25, 0.3) is 0 Å². The van der Waals surface area contributed by atoms with Gasteiger partial charge in [0.05, 0.1) is 11.1 Å². The normalized spacial score (nSPS) is 27.0. The summed E-state index contributed by atoms with van der Waals surface area (Å²) in [6.45, 7) is 13.3. The van der Waals surface area contributed by atoms with Gasteiger partial charge < -0.3 is 9.42 Å². The summed E-state index contributed by atoms with van der Waals surface area (Å²) >= 11 is 0. The van der Waals surface area contributed by atoms with Crippen LogP contribution in [-0.4, -0.2) is 61.8 Å². The standard InChI is InChI=1S/C21H30N6O2/c1-5-27-14(3)18(13(2)23-27)10-25-8-17-9-26(19(28)16-6-7-16)12-21(17,11-25)20-22-15(4)24-29-20/h16-17H,5-12H2,1-4H3/t17-,21-/m0/s1. The number of likely N-dealkylation sites (tertiary alicyclic amines) is 2. The first-order valence-electron chi connectivity index (χ1n) is 10.8. The largest absolute Gasteiger partial charge is 0.341 e.